The van der Waals surface area contributed by atoms with E-state index in [-0.39, 0.29) is 5.91 Å². The van der Waals surface area contributed by atoms with Gasteiger partial charge in [-0.1, -0.05) is 27.7 Å². The van der Waals surface area contributed by atoms with Gasteiger partial charge in [0.15, 0.2) is 0 Å². The van der Waals surface area contributed by atoms with E-state index in [0.29, 0.717) is 32.0 Å². The number of hydrogen-bond donors (Lipinski definition) is 1. The molecule has 5 heteroatoms. The summed E-state index contributed by atoms with van der Waals surface area (Å²) in [6.45, 7) is 14.3. The van der Waals surface area contributed by atoms with Crippen molar-refractivity contribution in [2.75, 3.05) is 45.9 Å². The average Bonchev–Trinajstić information content (AvgIpc) is 2.46. The van der Waals surface area contributed by atoms with Gasteiger partial charge in [0.25, 0.3) is 0 Å². The van der Waals surface area contributed by atoms with Crippen LogP contribution >= 0.6 is 0 Å². The third-order valence-electron chi connectivity index (χ3n) is 4.26. The number of nitrogens with zero attached hydrogens (tertiary/aromatic N) is 2. The highest BCUT2D eigenvalue weighted by atomic mass is 16.5. The number of carbonyl (C=O) groups excluding carboxylic acids is 1. The van der Waals surface area contributed by atoms with Gasteiger partial charge in [0, 0.05) is 32.8 Å². The molecule has 0 radical (unpaired) electrons. The molecule has 0 aromatic carbocycles. The lowest BCUT2D eigenvalue weighted by Crippen LogP contribution is -2.59. The minimum atomic E-state index is -0.726. The maximum Gasteiger partial charge on any atom is 0.242 e. The van der Waals surface area contributed by atoms with Crippen molar-refractivity contribution in [3.8, 4) is 0 Å². The number of hydrogen-bond acceptors (Lipinski definition) is 4. The molecule has 1 rings (SSSR count). The molecule has 2 N–H and O–H groups in total. The van der Waals surface area contributed by atoms with Gasteiger partial charge in [-0.05, 0) is 31.8 Å². The summed E-state index contributed by atoms with van der Waals surface area (Å²) in [5.74, 6) is 0.556. The van der Waals surface area contributed by atoms with Gasteiger partial charge in [0.2, 0.25) is 5.91 Å². The molecule has 1 amide bonds. The van der Waals surface area contributed by atoms with Gasteiger partial charge in [0.1, 0.15) is 0 Å². The van der Waals surface area contributed by atoms with Crippen LogP contribution in [0.2, 0.25) is 0 Å². The number of carbonyl (C=O) groups is 1. The normalized spacial score (nSPS) is 18.2. The van der Waals surface area contributed by atoms with Crippen molar-refractivity contribution in [1.29, 1.82) is 0 Å². The predicted octanol–water partition coefficient (Wildman–Crippen LogP) is 1.32. The van der Waals surface area contributed by atoms with Gasteiger partial charge < -0.3 is 20.3 Å². The first kappa shape index (κ1) is 18.4. The molecule has 0 aromatic rings. The molecule has 1 aliphatic rings. The molecular weight excluding hydrogens is 266 g/mol. The second kappa shape index (κ2) is 8.71. The van der Waals surface area contributed by atoms with Gasteiger partial charge >= 0.3 is 0 Å². The molecule has 0 saturated carbocycles. The topological polar surface area (TPSA) is 58.8 Å². The van der Waals surface area contributed by atoms with E-state index in [4.69, 9.17) is 10.5 Å². The lowest BCUT2D eigenvalue weighted by molar-refractivity contribution is -0.141. The van der Waals surface area contributed by atoms with Crippen LogP contribution in [0.3, 0.4) is 0 Å². The third-order valence-corrected chi connectivity index (χ3v) is 4.26. The Morgan fingerprint density at radius 2 is 1.76 bits per heavy atom. The summed E-state index contributed by atoms with van der Waals surface area (Å²) >= 11 is 0. The Balaban J connectivity index is 2.68. The average molecular weight is 299 g/mol. The molecule has 21 heavy (non-hydrogen) atoms. The van der Waals surface area contributed by atoms with Gasteiger partial charge in [-0.3, -0.25) is 4.79 Å². The zero-order valence-corrected chi connectivity index (χ0v) is 14.2. The van der Waals surface area contributed by atoms with Crippen LogP contribution in [-0.2, 0) is 9.53 Å². The quantitative estimate of drug-likeness (QED) is 0.734. The summed E-state index contributed by atoms with van der Waals surface area (Å²) in [4.78, 5) is 17.2. The van der Waals surface area contributed by atoms with E-state index >= 15 is 0 Å². The zero-order valence-electron chi connectivity index (χ0n) is 14.2. The highest BCUT2D eigenvalue weighted by Crippen LogP contribution is 2.21. The Labute approximate surface area is 129 Å². The Hall–Kier alpha value is -0.650. The highest BCUT2D eigenvalue weighted by molar-refractivity contribution is 5.86. The smallest absolute Gasteiger partial charge is 0.242 e. The molecule has 0 spiro atoms. The molecule has 0 bridgehead atoms. The van der Waals surface area contributed by atoms with E-state index in [1.54, 1.807) is 0 Å². The minimum Gasteiger partial charge on any atom is -0.381 e. The van der Waals surface area contributed by atoms with Crippen LogP contribution in [0.5, 0.6) is 0 Å². The number of nitrogens with two attached hydrogens (primary N) is 1. The van der Waals surface area contributed by atoms with Crippen molar-refractivity contribution in [3.63, 3.8) is 0 Å². The Bertz CT molecular complexity index is 311. The van der Waals surface area contributed by atoms with Crippen LogP contribution in [-0.4, -0.2) is 67.2 Å². The molecule has 124 valence electrons. The minimum absolute atomic E-state index is 0.103. The van der Waals surface area contributed by atoms with E-state index in [1.807, 2.05) is 4.90 Å². The first-order chi connectivity index (χ1) is 9.92. The molecule has 1 saturated heterocycles. The van der Waals surface area contributed by atoms with Gasteiger partial charge in [-0.2, -0.15) is 0 Å². The summed E-state index contributed by atoms with van der Waals surface area (Å²) in [5.41, 5.74) is 5.64. The summed E-state index contributed by atoms with van der Waals surface area (Å²) < 4.78 is 5.35. The molecule has 5 nitrogen and oxygen atoms in total. The second-order valence-electron chi connectivity index (χ2n) is 6.44. The molecule has 1 aliphatic heterocycles. The third kappa shape index (κ3) is 5.57. The molecule has 0 unspecified atom stereocenters. The van der Waals surface area contributed by atoms with E-state index in [2.05, 4.69) is 32.6 Å². The van der Waals surface area contributed by atoms with E-state index in [0.717, 1.165) is 32.7 Å². The fourth-order valence-electron chi connectivity index (χ4n) is 2.78. The van der Waals surface area contributed by atoms with Crippen LogP contribution in [0.25, 0.3) is 0 Å². The van der Waals surface area contributed by atoms with Crippen LogP contribution in [0, 0.1) is 5.92 Å². The summed E-state index contributed by atoms with van der Waals surface area (Å²) in [6.07, 6.45) is 1.26. The van der Waals surface area contributed by atoms with Crippen molar-refractivity contribution < 1.29 is 9.53 Å². The van der Waals surface area contributed by atoms with E-state index in [1.165, 1.54) is 0 Å². The Morgan fingerprint density at radius 1 is 1.19 bits per heavy atom. The van der Waals surface area contributed by atoms with Gasteiger partial charge in [-0.15, -0.1) is 0 Å². The largest absolute Gasteiger partial charge is 0.381 e. The monoisotopic (exact) mass is 299 g/mol. The maximum atomic E-state index is 12.9. The van der Waals surface area contributed by atoms with Gasteiger partial charge in [0.05, 0.1) is 5.54 Å². The predicted molar refractivity (Wildman–Crippen MR) is 86.2 cm³/mol. The van der Waals surface area contributed by atoms with Crippen LogP contribution in [0.15, 0.2) is 0 Å². The van der Waals surface area contributed by atoms with Crippen molar-refractivity contribution >= 4 is 5.91 Å². The standard InChI is InChI=1S/C16H33N3O2/c1-5-18(6-2)9-10-19(13-14(3)4)15(20)16(17)7-11-21-12-8-16/h14H,5-13,17H2,1-4H3. The molecule has 0 aromatic heterocycles. The lowest BCUT2D eigenvalue weighted by Gasteiger charge is -2.38. The number of likely N-dealkylation sites (N-methyl/N-ethyl adjacent to an activating group) is 1. The SMILES string of the molecule is CCN(CC)CCN(CC(C)C)C(=O)C1(N)CCOCC1. The van der Waals surface area contributed by atoms with Crippen LogP contribution in [0.1, 0.15) is 40.5 Å². The first-order valence-electron chi connectivity index (χ1n) is 8.31. The van der Waals surface area contributed by atoms with Crippen molar-refractivity contribution in [2.24, 2.45) is 11.7 Å². The maximum absolute atomic E-state index is 12.9. The molecule has 0 atom stereocenters. The Morgan fingerprint density at radius 3 is 2.24 bits per heavy atom. The first-order valence-corrected chi connectivity index (χ1v) is 8.31. The fourth-order valence-corrected chi connectivity index (χ4v) is 2.78. The van der Waals surface area contributed by atoms with E-state index in [9.17, 15) is 4.79 Å². The van der Waals surface area contributed by atoms with Crippen molar-refractivity contribution in [2.45, 2.75) is 46.1 Å². The second-order valence-corrected chi connectivity index (χ2v) is 6.44. The summed E-state index contributed by atoms with van der Waals surface area (Å²) in [6, 6.07) is 0. The molecule has 0 aliphatic carbocycles. The fraction of sp³-hybridized carbons (Fsp3) is 0.938. The number of amides is 1. The van der Waals surface area contributed by atoms with Crippen LogP contribution in [0.4, 0.5) is 0 Å². The summed E-state index contributed by atoms with van der Waals surface area (Å²) in [7, 11) is 0. The molecule has 1 fully saturated rings. The number of ether oxygens (including phenoxy) is 1. The van der Waals surface area contributed by atoms with Gasteiger partial charge in [-0.25, -0.2) is 0 Å². The Kier molecular flexibility index (Phi) is 7.63. The van der Waals surface area contributed by atoms with Crippen LogP contribution < -0.4 is 5.73 Å². The summed E-state index contributed by atoms with van der Waals surface area (Å²) in [5, 5.41) is 0. The highest BCUT2D eigenvalue weighted by Gasteiger charge is 2.38. The molecular formula is C16H33N3O2. The lowest BCUT2D eigenvalue weighted by atomic mass is 9.89. The number of rotatable bonds is 8. The van der Waals surface area contributed by atoms with E-state index < -0.39 is 5.54 Å². The van der Waals surface area contributed by atoms with Crippen molar-refractivity contribution in [3.05, 3.63) is 0 Å². The van der Waals surface area contributed by atoms with Crippen molar-refractivity contribution in [1.82, 2.24) is 9.80 Å². The zero-order chi connectivity index (χ0) is 15.9. The molecule has 1 heterocycles.